The topological polar surface area (TPSA) is 94.0 Å². The van der Waals surface area contributed by atoms with Crippen molar-refractivity contribution in [2.45, 2.75) is 45.4 Å². The first-order valence-electron chi connectivity index (χ1n) is 10.2. The Morgan fingerprint density at radius 1 is 1.28 bits per heavy atom. The van der Waals surface area contributed by atoms with E-state index in [9.17, 15) is 9.59 Å². The summed E-state index contributed by atoms with van der Waals surface area (Å²) in [5.41, 5.74) is 1.26. The summed E-state index contributed by atoms with van der Waals surface area (Å²) in [6.07, 6.45) is 4.91. The zero-order valence-corrected chi connectivity index (χ0v) is 16.9. The van der Waals surface area contributed by atoms with Crippen LogP contribution in [0.15, 0.2) is 30.6 Å². The number of nitrogens with one attached hydrogen (secondary N) is 2. The van der Waals surface area contributed by atoms with Gasteiger partial charge in [0.15, 0.2) is 6.29 Å². The maximum absolute atomic E-state index is 12.7. The number of nitrogens with zero attached hydrogens (tertiary/aromatic N) is 2. The highest BCUT2D eigenvalue weighted by Gasteiger charge is 2.48. The van der Waals surface area contributed by atoms with Gasteiger partial charge in [-0.1, -0.05) is 19.9 Å². The van der Waals surface area contributed by atoms with Crippen molar-refractivity contribution in [1.29, 1.82) is 0 Å². The second kappa shape index (κ2) is 8.12. The molecule has 2 unspecified atom stereocenters. The Balaban J connectivity index is 1.27. The summed E-state index contributed by atoms with van der Waals surface area (Å²) in [5, 5.41) is 10.4. The molecule has 2 aromatic rings. The molecular formula is C21H28N4O4. The molecule has 0 spiro atoms. The van der Waals surface area contributed by atoms with Crippen LogP contribution in [0.25, 0.3) is 5.52 Å². The molecule has 29 heavy (non-hydrogen) atoms. The van der Waals surface area contributed by atoms with Crippen molar-refractivity contribution < 1.29 is 19.1 Å². The van der Waals surface area contributed by atoms with E-state index < -0.39 is 6.29 Å². The van der Waals surface area contributed by atoms with E-state index >= 15 is 0 Å². The summed E-state index contributed by atoms with van der Waals surface area (Å²) in [6, 6.07) is 5.71. The number of hydrogen-bond donors (Lipinski definition) is 2. The fraction of sp³-hybridized carbons (Fsp3) is 0.571. The third kappa shape index (κ3) is 4.13. The molecule has 2 aromatic heterocycles. The first-order chi connectivity index (χ1) is 13.9. The number of carbonyl (C=O) groups is 2. The van der Waals surface area contributed by atoms with E-state index in [1.165, 1.54) is 0 Å². The number of rotatable bonds is 6. The second-order valence-electron chi connectivity index (χ2n) is 8.40. The number of carbonyl (C=O) groups excluding carboxylic acids is 2. The molecule has 2 amide bonds. The number of hydrogen-bond acceptors (Lipinski definition) is 5. The van der Waals surface area contributed by atoms with Crippen molar-refractivity contribution in [2.24, 2.45) is 11.3 Å². The zero-order valence-electron chi connectivity index (χ0n) is 16.9. The molecule has 4 rings (SSSR count). The van der Waals surface area contributed by atoms with Crippen molar-refractivity contribution in [3.63, 3.8) is 0 Å². The Bertz CT molecular complexity index is 888. The highest BCUT2D eigenvalue weighted by molar-refractivity contribution is 6.00. The van der Waals surface area contributed by atoms with E-state index in [1.807, 2.05) is 24.4 Å². The summed E-state index contributed by atoms with van der Waals surface area (Å²) in [4.78, 5) is 24.9. The minimum absolute atomic E-state index is 0.0561. The summed E-state index contributed by atoms with van der Waals surface area (Å²) in [7, 11) is 0. The van der Waals surface area contributed by atoms with Crippen LogP contribution < -0.4 is 10.6 Å². The van der Waals surface area contributed by atoms with Crippen LogP contribution in [-0.4, -0.2) is 53.5 Å². The van der Waals surface area contributed by atoms with Crippen molar-refractivity contribution in [3.8, 4) is 0 Å². The Kier molecular flexibility index (Phi) is 5.56. The Hall–Kier alpha value is -2.45. The van der Waals surface area contributed by atoms with Gasteiger partial charge in [-0.05, 0) is 36.3 Å². The third-order valence-electron chi connectivity index (χ3n) is 6.24. The normalized spacial score (nSPS) is 24.1. The number of pyridine rings is 1. The van der Waals surface area contributed by atoms with Crippen molar-refractivity contribution >= 4 is 17.3 Å². The van der Waals surface area contributed by atoms with Gasteiger partial charge in [0.05, 0.1) is 36.9 Å². The van der Waals surface area contributed by atoms with Crippen LogP contribution in [0.4, 0.5) is 0 Å². The summed E-state index contributed by atoms with van der Waals surface area (Å²) >= 11 is 0. The first-order valence-corrected chi connectivity index (χ1v) is 10.2. The van der Waals surface area contributed by atoms with Crippen molar-refractivity contribution in [2.75, 3.05) is 19.8 Å². The van der Waals surface area contributed by atoms with Crippen LogP contribution in [0, 0.1) is 11.3 Å². The largest absolute Gasteiger partial charge is 0.356 e. The van der Waals surface area contributed by atoms with Gasteiger partial charge in [-0.25, -0.2) is 4.52 Å². The van der Waals surface area contributed by atoms with E-state index in [1.54, 1.807) is 10.7 Å². The smallest absolute Gasteiger partial charge is 0.255 e. The maximum atomic E-state index is 12.7. The van der Waals surface area contributed by atoms with Crippen LogP contribution in [0.1, 0.15) is 43.5 Å². The van der Waals surface area contributed by atoms with Gasteiger partial charge < -0.3 is 20.1 Å². The van der Waals surface area contributed by atoms with Crippen molar-refractivity contribution in [3.05, 3.63) is 36.2 Å². The standard InChI is InChI=1S/C21H28N4O4/c1-21(2)14(12-22-18(26)11-19-28-8-5-9-29-19)10-17(21)24-20(27)15-13-23-25-7-4-3-6-16(15)25/h3-4,6-7,13-14,17,19H,5,8-12H2,1-2H3,(H,22,26)(H,24,27). The van der Waals surface area contributed by atoms with E-state index in [0.29, 0.717) is 31.2 Å². The second-order valence-corrected chi connectivity index (χ2v) is 8.40. The fourth-order valence-corrected chi connectivity index (χ4v) is 4.07. The molecule has 0 bridgehead atoms. The molecule has 156 valence electrons. The van der Waals surface area contributed by atoms with Crippen LogP contribution in [0.3, 0.4) is 0 Å². The lowest BCUT2D eigenvalue weighted by atomic mass is 9.58. The molecule has 8 heteroatoms. The summed E-state index contributed by atoms with van der Waals surface area (Å²) in [6.45, 7) is 6.12. The van der Waals surface area contributed by atoms with E-state index in [-0.39, 0.29) is 29.7 Å². The zero-order chi connectivity index (χ0) is 20.4. The highest BCUT2D eigenvalue weighted by atomic mass is 16.7. The summed E-state index contributed by atoms with van der Waals surface area (Å²) in [5.74, 6) is 0.124. The SMILES string of the molecule is CC1(C)C(CNC(=O)CC2OCCCO2)CC1NC(=O)c1cnn2ccccc12. The molecule has 2 fully saturated rings. The van der Waals surface area contributed by atoms with Crippen LogP contribution in [0.2, 0.25) is 0 Å². The molecule has 2 N–H and O–H groups in total. The van der Waals surface area contributed by atoms with E-state index in [0.717, 1.165) is 18.4 Å². The van der Waals surface area contributed by atoms with Crippen LogP contribution >= 0.6 is 0 Å². The van der Waals surface area contributed by atoms with Gasteiger partial charge in [0, 0.05) is 18.8 Å². The molecule has 8 nitrogen and oxygen atoms in total. The molecule has 1 aliphatic heterocycles. The van der Waals surface area contributed by atoms with Crippen molar-refractivity contribution in [1.82, 2.24) is 20.2 Å². The van der Waals surface area contributed by atoms with E-state index in [4.69, 9.17) is 9.47 Å². The molecular weight excluding hydrogens is 372 g/mol. The lowest BCUT2D eigenvalue weighted by Gasteiger charge is -2.52. The number of aromatic nitrogens is 2. The number of amides is 2. The predicted octanol–water partition coefficient (Wildman–Crippen LogP) is 1.75. The molecule has 3 heterocycles. The van der Waals surface area contributed by atoms with E-state index in [2.05, 4.69) is 29.6 Å². The molecule has 0 radical (unpaired) electrons. The molecule has 0 aromatic carbocycles. The Morgan fingerprint density at radius 2 is 2.07 bits per heavy atom. The molecule has 1 aliphatic carbocycles. The minimum atomic E-state index is -0.434. The summed E-state index contributed by atoms with van der Waals surface area (Å²) < 4.78 is 12.5. The first kappa shape index (κ1) is 19.8. The maximum Gasteiger partial charge on any atom is 0.255 e. The lowest BCUT2D eigenvalue weighted by molar-refractivity contribution is -0.184. The third-order valence-corrected chi connectivity index (χ3v) is 6.24. The fourth-order valence-electron chi connectivity index (χ4n) is 4.07. The quantitative estimate of drug-likeness (QED) is 0.771. The molecule has 2 aliphatic rings. The van der Waals surface area contributed by atoms with Gasteiger partial charge in [0.2, 0.25) is 5.91 Å². The van der Waals surface area contributed by atoms with Gasteiger partial charge in [-0.15, -0.1) is 0 Å². The highest BCUT2D eigenvalue weighted by Crippen LogP contribution is 2.46. The molecule has 1 saturated heterocycles. The van der Waals surface area contributed by atoms with Crippen LogP contribution in [-0.2, 0) is 14.3 Å². The Morgan fingerprint density at radius 3 is 2.83 bits per heavy atom. The van der Waals surface area contributed by atoms with Gasteiger partial charge in [-0.2, -0.15) is 5.10 Å². The van der Waals surface area contributed by atoms with Gasteiger partial charge in [0.1, 0.15) is 0 Å². The lowest BCUT2D eigenvalue weighted by Crippen LogP contribution is -2.60. The van der Waals surface area contributed by atoms with Crippen LogP contribution in [0.5, 0.6) is 0 Å². The minimum Gasteiger partial charge on any atom is -0.356 e. The predicted molar refractivity (Wildman–Crippen MR) is 106 cm³/mol. The van der Waals surface area contributed by atoms with Gasteiger partial charge >= 0.3 is 0 Å². The van der Waals surface area contributed by atoms with Gasteiger partial charge in [-0.3, -0.25) is 9.59 Å². The molecule has 1 saturated carbocycles. The Labute approximate surface area is 169 Å². The van der Waals surface area contributed by atoms with Gasteiger partial charge in [0.25, 0.3) is 5.91 Å². The number of ether oxygens (including phenoxy) is 2. The molecule has 2 atom stereocenters. The average Bonchev–Trinajstić information content (AvgIpc) is 3.15. The number of fused-ring (bicyclic) bond motifs is 1. The average molecular weight is 400 g/mol. The monoisotopic (exact) mass is 400 g/mol.